The van der Waals surface area contributed by atoms with Crippen molar-refractivity contribution in [3.05, 3.63) is 59.2 Å². The molecule has 0 saturated carbocycles. The van der Waals surface area contributed by atoms with Crippen LogP contribution in [0.1, 0.15) is 392 Å². The van der Waals surface area contributed by atoms with E-state index in [1.54, 1.807) is 0 Å². The Morgan fingerprint density at radius 1 is 0.231 bits per heavy atom. The summed E-state index contributed by atoms with van der Waals surface area (Å²) >= 11 is 0. The van der Waals surface area contributed by atoms with Gasteiger partial charge in [0.25, 0.3) is 0 Å². The Balaban J connectivity index is 0.0000304. The number of hydrogen-bond donors (Lipinski definition) is 0. The van der Waals surface area contributed by atoms with Crippen molar-refractivity contribution < 1.29 is 16.5 Å². The summed E-state index contributed by atoms with van der Waals surface area (Å²) in [6.07, 6.45) is 76.7. The Labute approximate surface area is 499 Å². The molecule has 0 atom stereocenters. The summed E-state index contributed by atoms with van der Waals surface area (Å²) in [4.78, 5) is 11.3. The average molecular weight is 1120 g/mol. The van der Waals surface area contributed by atoms with E-state index in [9.17, 15) is 0 Å². The first-order valence-electron chi connectivity index (χ1n) is 35.5. The Hall–Kier alpha value is -1.73. The fourth-order valence-electron chi connectivity index (χ4n) is 11.9. The molecule has 78 heavy (non-hydrogen) atoms. The van der Waals surface area contributed by atoms with E-state index in [2.05, 4.69) is 77.1 Å². The van der Waals surface area contributed by atoms with Gasteiger partial charge in [-0.15, -0.1) is 0 Å². The van der Waals surface area contributed by atoms with Crippen molar-refractivity contribution >= 4 is 22.8 Å². The van der Waals surface area contributed by atoms with E-state index in [0.717, 1.165) is 31.4 Å². The van der Waals surface area contributed by atoms with Crippen LogP contribution in [0.4, 0.5) is 11.4 Å². The summed E-state index contributed by atoms with van der Waals surface area (Å²) in [5, 5.41) is 0. The number of aliphatic imine (C=N–C) groups is 2. The summed E-state index contributed by atoms with van der Waals surface area (Å²) < 4.78 is 0. The minimum absolute atomic E-state index is 0. The van der Waals surface area contributed by atoms with Crippen LogP contribution in [0, 0.1) is 0 Å². The van der Waals surface area contributed by atoms with Crippen LogP contribution in [0.15, 0.2) is 52.4 Å². The van der Waals surface area contributed by atoms with Crippen molar-refractivity contribution in [2.45, 2.75) is 394 Å². The largest absolute Gasteiger partial charge is 0.252 e. The molecule has 0 aromatic heterocycles. The number of aryl methyl sites for hydroxylation is 3. The standard InChI is InChI=1S/C75H134N2.Ni/c1-6-11-16-19-22-24-26-28-30-32-33-34-35-36-37-38-39-41-43-45-47-49-54-57-69-62-64-72(65-63-69)76-74(60-55-50-21-18-13-8-3)75(61-56-51-48-46-44-42-40-31-29-27-25-23-20-17-12-7-2)77-73-67-70(58-52-14-9-4)66-71(68-73)59-53-15-10-5;/h62-68H,6-61H2,1-5H3;. The van der Waals surface area contributed by atoms with E-state index in [0.29, 0.717) is 0 Å². The minimum atomic E-state index is 0. The molecular weight excluding hydrogens is 988 g/mol. The third-order valence-corrected chi connectivity index (χ3v) is 17.1. The van der Waals surface area contributed by atoms with Gasteiger partial charge in [-0.2, -0.15) is 0 Å². The minimum Gasteiger partial charge on any atom is -0.252 e. The zero-order valence-corrected chi connectivity index (χ0v) is 54.3. The van der Waals surface area contributed by atoms with Gasteiger partial charge in [-0.1, -0.05) is 348 Å². The molecule has 0 fully saturated rings. The van der Waals surface area contributed by atoms with Gasteiger partial charge in [0.15, 0.2) is 0 Å². The molecule has 0 unspecified atom stereocenters. The molecular formula is C75H134N2Ni. The van der Waals surface area contributed by atoms with Crippen LogP contribution >= 0.6 is 0 Å². The van der Waals surface area contributed by atoms with E-state index in [4.69, 9.17) is 9.98 Å². The van der Waals surface area contributed by atoms with Crippen LogP contribution in [0.5, 0.6) is 0 Å². The fourth-order valence-corrected chi connectivity index (χ4v) is 11.9. The Bertz CT molecular complexity index is 1560. The maximum atomic E-state index is 5.69. The predicted octanol–water partition coefficient (Wildman–Crippen LogP) is 26.9. The number of hydrogen-bond acceptors (Lipinski definition) is 2. The molecule has 0 spiro atoms. The van der Waals surface area contributed by atoms with Gasteiger partial charge >= 0.3 is 0 Å². The third-order valence-electron chi connectivity index (χ3n) is 17.1. The molecule has 2 aromatic carbocycles. The molecule has 454 valence electrons. The van der Waals surface area contributed by atoms with Crippen LogP contribution in [0.25, 0.3) is 0 Å². The first-order chi connectivity index (χ1) is 38.1. The zero-order valence-electron chi connectivity index (χ0n) is 53.4. The molecule has 2 nitrogen and oxygen atoms in total. The van der Waals surface area contributed by atoms with E-state index >= 15 is 0 Å². The van der Waals surface area contributed by atoms with Crippen molar-refractivity contribution in [2.75, 3.05) is 0 Å². The number of benzene rings is 2. The van der Waals surface area contributed by atoms with Gasteiger partial charge in [0.2, 0.25) is 0 Å². The maximum Gasteiger partial charge on any atom is 0.0639 e. The summed E-state index contributed by atoms with van der Waals surface area (Å²) in [5.74, 6) is 0. The molecule has 0 radical (unpaired) electrons. The van der Waals surface area contributed by atoms with Gasteiger partial charge in [0.05, 0.1) is 22.8 Å². The van der Waals surface area contributed by atoms with Gasteiger partial charge in [0.1, 0.15) is 0 Å². The second-order valence-corrected chi connectivity index (χ2v) is 24.8. The Morgan fingerprint density at radius 2 is 0.449 bits per heavy atom. The Morgan fingerprint density at radius 3 is 0.744 bits per heavy atom. The van der Waals surface area contributed by atoms with Crippen molar-refractivity contribution in [1.82, 2.24) is 0 Å². The monoisotopic (exact) mass is 1120 g/mol. The molecule has 0 N–H and O–H groups in total. The number of unbranched alkanes of at least 4 members (excludes halogenated alkanes) is 46. The van der Waals surface area contributed by atoms with E-state index < -0.39 is 0 Å². The van der Waals surface area contributed by atoms with Crippen LogP contribution in [0.2, 0.25) is 0 Å². The van der Waals surface area contributed by atoms with Crippen molar-refractivity contribution in [3.8, 4) is 0 Å². The molecule has 0 heterocycles. The second kappa shape index (κ2) is 58.5. The van der Waals surface area contributed by atoms with Crippen LogP contribution in [0.3, 0.4) is 0 Å². The van der Waals surface area contributed by atoms with Gasteiger partial charge in [-0.3, -0.25) is 9.98 Å². The van der Waals surface area contributed by atoms with Gasteiger partial charge in [-0.05, 0) is 105 Å². The average Bonchev–Trinajstić information content (AvgIpc) is 3.44. The van der Waals surface area contributed by atoms with Crippen molar-refractivity contribution in [3.63, 3.8) is 0 Å². The third kappa shape index (κ3) is 45.8. The van der Waals surface area contributed by atoms with E-state index in [1.165, 1.54) is 368 Å². The SMILES string of the molecule is CCCCCCCCCCCCCCCCCCCCCCCCCc1ccc(N=C(CCCCCCCC)C(CCCCCCCCCCCCCCCCCC)=Nc2cc(CCCCC)cc(CCCCC)c2)cc1.[Ni]. The van der Waals surface area contributed by atoms with Gasteiger partial charge in [-0.25, -0.2) is 0 Å². The fraction of sp³-hybridized carbons (Fsp3) is 0.813. The summed E-state index contributed by atoms with van der Waals surface area (Å²) in [7, 11) is 0. The van der Waals surface area contributed by atoms with Crippen LogP contribution < -0.4 is 0 Å². The van der Waals surface area contributed by atoms with Crippen molar-refractivity contribution in [2.24, 2.45) is 9.98 Å². The zero-order chi connectivity index (χ0) is 55.0. The summed E-state index contributed by atoms with van der Waals surface area (Å²) in [6, 6.07) is 16.8. The van der Waals surface area contributed by atoms with Crippen LogP contribution in [-0.2, 0) is 35.8 Å². The summed E-state index contributed by atoms with van der Waals surface area (Å²) in [5.41, 5.74) is 9.27. The Kier molecular flexibility index (Phi) is 55.7. The molecule has 0 saturated heterocycles. The topological polar surface area (TPSA) is 24.7 Å². The molecule has 0 aliphatic heterocycles. The van der Waals surface area contributed by atoms with Crippen molar-refractivity contribution in [1.29, 1.82) is 0 Å². The maximum absolute atomic E-state index is 5.69. The molecule has 0 amide bonds. The van der Waals surface area contributed by atoms with E-state index in [1.807, 2.05) is 0 Å². The van der Waals surface area contributed by atoms with Gasteiger partial charge in [0, 0.05) is 16.5 Å². The van der Waals surface area contributed by atoms with Crippen LogP contribution in [-0.4, -0.2) is 11.4 Å². The molecule has 0 bridgehead atoms. The molecule has 3 heteroatoms. The first-order valence-corrected chi connectivity index (χ1v) is 35.5. The van der Waals surface area contributed by atoms with Gasteiger partial charge < -0.3 is 0 Å². The smallest absolute Gasteiger partial charge is 0.0639 e. The molecule has 0 aliphatic rings. The van der Waals surface area contributed by atoms with E-state index in [-0.39, 0.29) is 16.5 Å². The predicted molar refractivity (Wildman–Crippen MR) is 351 cm³/mol. The molecule has 0 aliphatic carbocycles. The second-order valence-electron chi connectivity index (χ2n) is 24.8. The normalized spacial score (nSPS) is 12.0. The summed E-state index contributed by atoms with van der Waals surface area (Å²) in [6.45, 7) is 11.6. The number of nitrogens with zero attached hydrogens (tertiary/aromatic N) is 2. The molecule has 2 rings (SSSR count). The number of rotatable bonds is 59. The quantitative estimate of drug-likeness (QED) is 0.0358. The molecule has 2 aromatic rings. The first kappa shape index (κ1) is 74.3.